The predicted octanol–water partition coefficient (Wildman–Crippen LogP) is 5.57. The van der Waals surface area contributed by atoms with Crippen molar-refractivity contribution in [2.45, 2.75) is 85.0 Å². The minimum atomic E-state index is 0.902. The fourth-order valence-electron chi connectivity index (χ4n) is 1.97. The van der Waals surface area contributed by atoms with E-state index in [1.165, 1.54) is 51.4 Å². The SMILES string of the molecule is CCCCCCCC#CCCC(CC)CC. The molecule has 0 bridgehead atoms. The van der Waals surface area contributed by atoms with Crippen molar-refractivity contribution in [2.24, 2.45) is 5.92 Å². The van der Waals surface area contributed by atoms with Crippen LogP contribution in [-0.4, -0.2) is 0 Å². The van der Waals surface area contributed by atoms with Crippen molar-refractivity contribution in [2.75, 3.05) is 0 Å². The van der Waals surface area contributed by atoms with Crippen LogP contribution in [-0.2, 0) is 0 Å². The lowest BCUT2D eigenvalue weighted by Crippen LogP contribution is -1.94. The Morgan fingerprint density at radius 3 is 2.00 bits per heavy atom. The first kappa shape index (κ1) is 15.6. The van der Waals surface area contributed by atoms with Gasteiger partial charge in [0, 0.05) is 12.8 Å². The molecule has 0 radical (unpaired) electrons. The van der Waals surface area contributed by atoms with Crippen LogP contribution in [0.4, 0.5) is 0 Å². The summed E-state index contributed by atoms with van der Waals surface area (Å²) in [6.45, 7) is 6.84. The van der Waals surface area contributed by atoms with E-state index in [2.05, 4.69) is 32.6 Å². The van der Waals surface area contributed by atoms with Crippen molar-refractivity contribution in [3.8, 4) is 11.8 Å². The molecule has 0 fully saturated rings. The molecule has 0 heterocycles. The molecule has 0 aliphatic heterocycles. The molecule has 0 saturated carbocycles. The van der Waals surface area contributed by atoms with Crippen LogP contribution in [0, 0.1) is 17.8 Å². The van der Waals surface area contributed by atoms with E-state index in [4.69, 9.17) is 0 Å². The van der Waals surface area contributed by atoms with Crippen LogP contribution in [0.3, 0.4) is 0 Å². The molecule has 0 spiro atoms. The van der Waals surface area contributed by atoms with Gasteiger partial charge in [-0.15, -0.1) is 11.8 Å². The summed E-state index contributed by atoms with van der Waals surface area (Å²) in [5.74, 6) is 7.54. The van der Waals surface area contributed by atoms with Crippen molar-refractivity contribution >= 4 is 0 Å². The van der Waals surface area contributed by atoms with Gasteiger partial charge in [0.2, 0.25) is 0 Å². The minimum Gasteiger partial charge on any atom is -0.103 e. The number of rotatable bonds is 9. The summed E-state index contributed by atoms with van der Waals surface area (Å²) < 4.78 is 0. The van der Waals surface area contributed by atoms with E-state index in [1.54, 1.807) is 0 Å². The van der Waals surface area contributed by atoms with E-state index in [-0.39, 0.29) is 0 Å². The topological polar surface area (TPSA) is 0 Å². The fourth-order valence-corrected chi connectivity index (χ4v) is 1.97. The second kappa shape index (κ2) is 12.6. The summed E-state index contributed by atoms with van der Waals surface area (Å²) in [6, 6.07) is 0. The third kappa shape index (κ3) is 10.1. The van der Waals surface area contributed by atoms with Gasteiger partial charge >= 0.3 is 0 Å². The largest absolute Gasteiger partial charge is 0.103 e. The van der Waals surface area contributed by atoms with Gasteiger partial charge < -0.3 is 0 Å². The number of hydrogen-bond donors (Lipinski definition) is 0. The molecule has 0 aromatic rings. The standard InChI is InChI=1S/C16H30/c1-4-7-8-9-10-11-12-13-14-15-16(5-2)6-3/h16H,4-11,14-15H2,1-3H3. The Balaban J connectivity index is 3.27. The quantitative estimate of drug-likeness (QED) is 0.353. The van der Waals surface area contributed by atoms with Crippen molar-refractivity contribution in [1.29, 1.82) is 0 Å². The lowest BCUT2D eigenvalue weighted by molar-refractivity contribution is 0.463. The Morgan fingerprint density at radius 2 is 1.38 bits per heavy atom. The van der Waals surface area contributed by atoms with Crippen molar-refractivity contribution in [3.63, 3.8) is 0 Å². The smallest absolute Gasteiger partial charge is 0.00913 e. The normalized spacial score (nSPS) is 10.2. The van der Waals surface area contributed by atoms with Crippen LogP contribution in [0.5, 0.6) is 0 Å². The first-order valence-corrected chi connectivity index (χ1v) is 7.30. The molecule has 0 aliphatic carbocycles. The first-order chi connectivity index (χ1) is 7.85. The second-order valence-electron chi connectivity index (χ2n) is 4.74. The molecular formula is C16H30. The Hall–Kier alpha value is -0.440. The molecule has 0 atom stereocenters. The zero-order valence-corrected chi connectivity index (χ0v) is 11.6. The lowest BCUT2D eigenvalue weighted by Gasteiger charge is -2.08. The molecule has 0 N–H and O–H groups in total. The maximum atomic E-state index is 3.33. The van der Waals surface area contributed by atoms with E-state index in [1.807, 2.05) is 0 Å². The van der Waals surface area contributed by atoms with E-state index in [0.717, 1.165) is 18.8 Å². The molecule has 0 saturated heterocycles. The Morgan fingerprint density at radius 1 is 0.750 bits per heavy atom. The van der Waals surface area contributed by atoms with Gasteiger partial charge in [-0.05, 0) is 18.8 Å². The van der Waals surface area contributed by atoms with E-state index in [9.17, 15) is 0 Å². The summed E-state index contributed by atoms with van der Waals surface area (Å²) >= 11 is 0. The Bertz CT molecular complexity index is 178. The molecule has 0 nitrogen and oxygen atoms in total. The summed E-state index contributed by atoms with van der Waals surface area (Å²) in [7, 11) is 0. The van der Waals surface area contributed by atoms with Crippen LogP contribution < -0.4 is 0 Å². The second-order valence-corrected chi connectivity index (χ2v) is 4.74. The molecule has 16 heavy (non-hydrogen) atoms. The summed E-state index contributed by atoms with van der Waals surface area (Å²) in [5.41, 5.74) is 0. The van der Waals surface area contributed by atoms with Gasteiger partial charge in [0.15, 0.2) is 0 Å². The summed E-state index contributed by atoms with van der Waals surface area (Å²) in [6.07, 6.45) is 13.0. The zero-order valence-electron chi connectivity index (χ0n) is 11.6. The van der Waals surface area contributed by atoms with E-state index in [0.29, 0.717) is 0 Å². The first-order valence-electron chi connectivity index (χ1n) is 7.30. The average Bonchev–Trinajstić information content (AvgIpc) is 2.32. The van der Waals surface area contributed by atoms with Gasteiger partial charge in [0.05, 0.1) is 0 Å². The van der Waals surface area contributed by atoms with Gasteiger partial charge in [-0.3, -0.25) is 0 Å². The highest BCUT2D eigenvalue weighted by Gasteiger charge is 2.00. The minimum absolute atomic E-state index is 0.902. The van der Waals surface area contributed by atoms with Crippen LogP contribution in [0.25, 0.3) is 0 Å². The van der Waals surface area contributed by atoms with Gasteiger partial charge in [-0.25, -0.2) is 0 Å². The predicted molar refractivity (Wildman–Crippen MR) is 74.5 cm³/mol. The molecule has 0 amide bonds. The maximum Gasteiger partial charge on any atom is 0.00913 e. The molecule has 0 unspecified atom stereocenters. The van der Waals surface area contributed by atoms with Crippen LogP contribution >= 0.6 is 0 Å². The molecule has 0 aromatic carbocycles. The van der Waals surface area contributed by atoms with Crippen molar-refractivity contribution in [3.05, 3.63) is 0 Å². The van der Waals surface area contributed by atoms with Gasteiger partial charge in [0.25, 0.3) is 0 Å². The number of hydrogen-bond acceptors (Lipinski definition) is 0. The van der Waals surface area contributed by atoms with Crippen molar-refractivity contribution < 1.29 is 0 Å². The average molecular weight is 222 g/mol. The van der Waals surface area contributed by atoms with E-state index < -0.39 is 0 Å². The number of unbranched alkanes of at least 4 members (excludes halogenated alkanes) is 5. The summed E-state index contributed by atoms with van der Waals surface area (Å²) in [4.78, 5) is 0. The molecule has 94 valence electrons. The molecule has 0 aliphatic rings. The van der Waals surface area contributed by atoms with Gasteiger partial charge in [-0.2, -0.15) is 0 Å². The van der Waals surface area contributed by atoms with Crippen LogP contribution in [0.15, 0.2) is 0 Å². The molecule has 0 rings (SSSR count). The highest BCUT2D eigenvalue weighted by atomic mass is 14.1. The van der Waals surface area contributed by atoms with Gasteiger partial charge in [0.1, 0.15) is 0 Å². The third-order valence-electron chi connectivity index (χ3n) is 3.36. The van der Waals surface area contributed by atoms with Crippen LogP contribution in [0.1, 0.15) is 85.0 Å². The molecular weight excluding hydrogens is 192 g/mol. The van der Waals surface area contributed by atoms with Crippen molar-refractivity contribution in [1.82, 2.24) is 0 Å². The fraction of sp³-hybridized carbons (Fsp3) is 0.875. The summed E-state index contributed by atoms with van der Waals surface area (Å²) in [5, 5.41) is 0. The Labute approximate surface area is 103 Å². The lowest BCUT2D eigenvalue weighted by atomic mass is 9.98. The molecule has 0 aromatic heterocycles. The van der Waals surface area contributed by atoms with Gasteiger partial charge in [-0.1, -0.05) is 59.3 Å². The Kier molecular flexibility index (Phi) is 12.3. The molecule has 0 heteroatoms. The zero-order chi connectivity index (χ0) is 12.1. The van der Waals surface area contributed by atoms with Crippen LogP contribution in [0.2, 0.25) is 0 Å². The highest BCUT2D eigenvalue weighted by molar-refractivity contribution is 4.98. The third-order valence-corrected chi connectivity index (χ3v) is 3.36. The maximum absolute atomic E-state index is 3.33. The highest BCUT2D eigenvalue weighted by Crippen LogP contribution is 2.13. The monoisotopic (exact) mass is 222 g/mol. The van der Waals surface area contributed by atoms with E-state index >= 15 is 0 Å².